The third-order valence-electron chi connectivity index (χ3n) is 3.85. The van der Waals surface area contributed by atoms with Gasteiger partial charge in [-0.25, -0.2) is 9.78 Å². The maximum atomic E-state index is 12.7. The standard InChI is InChI=1S/C21H18ClN3O5/c1-23-21(27)30-19-12-16(8-9-24-19)29-15-5-3-4-13(10-15)20(26)25-17-11-14(22)6-7-18(17)28-2/h3-12H,1-2H3,(H,23,27)(H,25,26). The topological polar surface area (TPSA) is 98.8 Å². The lowest BCUT2D eigenvalue weighted by molar-refractivity contribution is 0.102. The predicted octanol–water partition coefficient (Wildman–Crippen LogP) is 4.51. The molecule has 2 N–H and O–H groups in total. The molecule has 1 aromatic heterocycles. The molecule has 8 nitrogen and oxygen atoms in total. The summed E-state index contributed by atoms with van der Waals surface area (Å²) < 4.78 is 16.0. The van der Waals surface area contributed by atoms with E-state index >= 15 is 0 Å². The van der Waals surface area contributed by atoms with Crippen molar-refractivity contribution < 1.29 is 23.8 Å². The second-order valence-corrected chi connectivity index (χ2v) is 6.33. The number of ether oxygens (including phenoxy) is 3. The predicted molar refractivity (Wildman–Crippen MR) is 112 cm³/mol. The van der Waals surface area contributed by atoms with Gasteiger partial charge in [-0.1, -0.05) is 17.7 Å². The molecule has 0 aliphatic carbocycles. The monoisotopic (exact) mass is 427 g/mol. The Bertz CT molecular complexity index is 1070. The van der Waals surface area contributed by atoms with Gasteiger partial charge in [0.15, 0.2) is 0 Å². The summed E-state index contributed by atoms with van der Waals surface area (Å²) >= 11 is 6.01. The van der Waals surface area contributed by atoms with Gasteiger partial charge in [-0.05, 0) is 42.5 Å². The number of nitrogens with zero attached hydrogens (tertiary/aromatic N) is 1. The zero-order valence-corrected chi connectivity index (χ0v) is 16.9. The van der Waals surface area contributed by atoms with Gasteiger partial charge in [-0.15, -0.1) is 0 Å². The van der Waals surface area contributed by atoms with Crippen molar-refractivity contribution in [1.29, 1.82) is 0 Å². The Kier molecular flexibility index (Phi) is 6.71. The lowest BCUT2D eigenvalue weighted by Gasteiger charge is -2.12. The van der Waals surface area contributed by atoms with Crippen LogP contribution in [-0.2, 0) is 0 Å². The highest BCUT2D eigenvalue weighted by molar-refractivity contribution is 6.31. The molecule has 3 rings (SSSR count). The van der Waals surface area contributed by atoms with Crippen LogP contribution in [0.25, 0.3) is 0 Å². The van der Waals surface area contributed by atoms with Crippen molar-refractivity contribution in [2.45, 2.75) is 0 Å². The summed E-state index contributed by atoms with van der Waals surface area (Å²) in [7, 11) is 2.95. The normalized spacial score (nSPS) is 10.1. The molecule has 0 unspecified atom stereocenters. The first kappa shape index (κ1) is 20.9. The first-order valence-electron chi connectivity index (χ1n) is 8.77. The van der Waals surface area contributed by atoms with E-state index in [1.54, 1.807) is 48.5 Å². The minimum Gasteiger partial charge on any atom is -0.495 e. The van der Waals surface area contributed by atoms with Crippen LogP contribution in [0.4, 0.5) is 10.5 Å². The largest absolute Gasteiger partial charge is 0.495 e. The van der Waals surface area contributed by atoms with Crippen molar-refractivity contribution in [1.82, 2.24) is 10.3 Å². The Balaban J connectivity index is 1.75. The van der Waals surface area contributed by atoms with E-state index in [9.17, 15) is 9.59 Å². The fourth-order valence-electron chi connectivity index (χ4n) is 2.47. The quantitative estimate of drug-likeness (QED) is 0.600. The molecule has 1 heterocycles. The summed E-state index contributed by atoms with van der Waals surface area (Å²) in [5.74, 6) is 1.00. The highest BCUT2D eigenvalue weighted by Crippen LogP contribution is 2.29. The molecule has 2 aromatic carbocycles. The number of carbonyl (C=O) groups is 2. The van der Waals surface area contributed by atoms with Crippen molar-refractivity contribution in [3.05, 3.63) is 71.4 Å². The average Bonchev–Trinajstić information content (AvgIpc) is 2.74. The smallest absolute Gasteiger partial charge is 0.413 e. The summed E-state index contributed by atoms with van der Waals surface area (Å²) in [5, 5.41) is 5.57. The van der Waals surface area contributed by atoms with Gasteiger partial charge in [0.25, 0.3) is 5.91 Å². The van der Waals surface area contributed by atoms with Crippen LogP contribution in [0.2, 0.25) is 5.02 Å². The van der Waals surface area contributed by atoms with Gasteiger partial charge in [0.2, 0.25) is 5.88 Å². The number of nitrogens with one attached hydrogen (secondary N) is 2. The van der Waals surface area contributed by atoms with Crippen molar-refractivity contribution in [3.63, 3.8) is 0 Å². The zero-order chi connectivity index (χ0) is 21.5. The summed E-state index contributed by atoms with van der Waals surface area (Å²) in [5.41, 5.74) is 0.817. The Morgan fingerprint density at radius 3 is 2.60 bits per heavy atom. The molecule has 154 valence electrons. The molecule has 0 saturated heterocycles. The number of benzene rings is 2. The molecule has 0 bridgehead atoms. The van der Waals surface area contributed by atoms with Crippen molar-refractivity contribution >= 4 is 29.3 Å². The first-order chi connectivity index (χ1) is 14.5. The third-order valence-corrected chi connectivity index (χ3v) is 4.08. The van der Waals surface area contributed by atoms with Crippen molar-refractivity contribution in [3.8, 4) is 23.1 Å². The van der Waals surface area contributed by atoms with Crippen molar-refractivity contribution in [2.24, 2.45) is 0 Å². The fraction of sp³-hybridized carbons (Fsp3) is 0.0952. The number of carbonyl (C=O) groups excluding carboxylic acids is 2. The second kappa shape index (κ2) is 9.62. The molecule has 0 saturated carbocycles. The van der Waals surface area contributed by atoms with Crippen LogP contribution in [0.5, 0.6) is 23.1 Å². The van der Waals surface area contributed by atoms with Crippen LogP contribution >= 0.6 is 11.6 Å². The zero-order valence-electron chi connectivity index (χ0n) is 16.1. The first-order valence-corrected chi connectivity index (χ1v) is 9.14. The second-order valence-electron chi connectivity index (χ2n) is 5.90. The summed E-state index contributed by atoms with van der Waals surface area (Å²) in [6.07, 6.45) is 0.796. The maximum Gasteiger partial charge on any atom is 0.413 e. The van der Waals surface area contributed by atoms with E-state index in [1.807, 2.05) is 0 Å². The highest BCUT2D eigenvalue weighted by atomic mass is 35.5. The molecule has 0 aliphatic rings. The number of hydrogen-bond acceptors (Lipinski definition) is 6. The Morgan fingerprint density at radius 2 is 1.83 bits per heavy atom. The molecule has 0 fully saturated rings. The number of hydrogen-bond donors (Lipinski definition) is 2. The van der Waals surface area contributed by atoms with E-state index in [4.69, 9.17) is 25.8 Å². The third kappa shape index (κ3) is 5.39. The number of amides is 2. The van der Waals surface area contributed by atoms with E-state index < -0.39 is 6.09 Å². The van der Waals surface area contributed by atoms with Crippen LogP contribution in [0.15, 0.2) is 60.8 Å². The minimum atomic E-state index is -0.644. The van der Waals surface area contributed by atoms with Gasteiger partial charge in [-0.2, -0.15) is 0 Å². The van der Waals surface area contributed by atoms with Crippen LogP contribution in [0.3, 0.4) is 0 Å². The van der Waals surface area contributed by atoms with Gasteiger partial charge in [0, 0.05) is 29.9 Å². The van der Waals surface area contributed by atoms with Gasteiger partial charge >= 0.3 is 6.09 Å². The van der Waals surface area contributed by atoms with E-state index in [1.165, 1.54) is 26.4 Å². The number of aromatic nitrogens is 1. The lowest BCUT2D eigenvalue weighted by Crippen LogP contribution is -2.22. The SMILES string of the molecule is CNC(=O)Oc1cc(Oc2cccc(C(=O)Nc3cc(Cl)ccc3OC)c2)ccn1. The Morgan fingerprint density at radius 1 is 1.03 bits per heavy atom. The molecule has 9 heteroatoms. The summed E-state index contributed by atoms with van der Waals surface area (Å²) in [4.78, 5) is 27.9. The van der Waals surface area contributed by atoms with Gasteiger partial charge in [0.05, 0.1) is 12.8 Å². The number of pyridine rings is 1. The van der Waals surface area contributed by atoms with Gasteiger partial charge in [0.1, 0.15) is 17.2 Å². The molecular formula is C21H18ClN3O5. The lowest BCUT2D eigenvalue weighted by atomic mass is 10.2. The maximum absolute atomic E-state index is 12.7. The Hall–Kier alpha value is -3.78. The van der Waals surface area contributed by atoms with Crippen LogP contribution < -0.4 is 24.8 Å². The van der Waals surface area contributed by atoms with Gasteiger partial charge < -0.3 is 24.8 Å². The molecule has 2 amide bonds. The average molecular weight is 428 g/mol. The molecule has 0 spiro atoms. The molecule has 0 atom stereocenters. The van der Waals surface area contributed by atoms with E-state index in [-0.39, 0.29) is 11.8 Å². The van der Waals surface area contributed by atoms with Crippen LogP contribution in [-0.4, -0.2) is 31.1 Å². The minimum absolute atomic E-state index is 0.0776. The van der Waals surface area contributed by atoms with Crippen molar-refractivity contribution in [2.75, 3.05) is 19.5 Å². The number of anilines is 1. The van der Waals surface area contributed by atoms with E-state index in [2.05, 4.69) is 15.6 Å². The van der Waals surface area contributed by atoms with Crippen LogP contribution in [0, 0.1) is 0 Å². The van der Waals surface area contributed by atoms with E-state index in [0.29, 0.717) is 33.5 Å². The van der Waals surface area contributed by atoms with E-state index in [0.717, 1.165) is 0 Å². The molecule has 30 heavy (non-hydrogen) atoms. The summed E-state index contributed by atoms with van der Waals surface area (Å²) in [6, 6.07) is 14.6. The number of methoxy groups -OCH3 is 1. The Labute approximate surface area is 177 Å². The molecular weight excluding hydrogens is 410 g/mol. The number of halogens is 1. The molecule has 0 aliphatic heterocycles. The summed E-state index contributed by atoms with van der Waals surface area (Å²) in [6.45, 7) is 0. The highest BCUT2D eigenvalue weighted by Gasteiger charge is 2.12. The van der Waals surface area contributed by atoms with Gasteiger partial charge in [-0.3, -0.25) is 4.79 Å². The number of rotatable bonds is 6. The van der Waals surface area contributed by atoms with Crippen LogP contribution in [0.1, 0.15) is 10.4 Å². The molecule has 3 aromatic rings. The molecule has 0 radical (unpaired) electrons. The fourth-order valence-corrected chi connectivity index (χ4v) is 2.64.